The van der Waals surface area contributed by atoms with Crippen molar-refractivity contribution >= 4 is 5.91 Å². The van der Waals surface area contributed by atoms with Gasteiger partial charge < -0.3 is 14.5 Å². The molecule has 0 aliphatic carbocycles. The molecule has 28 heavy (non-hydrogen) atoms. The summed E-state index contributed by atoms with van der Waals surface area (Å²) in [5.41, 5.74) is 2.65. The molecular formula is C21H29N5O2. The molecule has 2 aliphatic rings. The zero-order valence-electron chi connectivity index (χ0n) is 16.8. The van der Waals surface area contributed by atoms with Gasteiger partial charge in [0.1, 0.15) is 0 Å². The number of pyridine rings is 1. The minimum Gasteiger partial charge on any atom is -0.373 e. The molecule has 7 nitrogen and oxygen atoms in total. The molecule has 2 aromatic heterocycles. The van der Waals surface area contributed by atoms with Crippen molar-refractivity contribution in [2.45, 2.75) is 38.3 Å². The maximum Gasteiger partial charge on any atom is 0.256 e. The van der Waals surface area contributed by atoms with Gasteiger partial charge in [0.25, 0.3) is 5.91 Å². The SMILES string of the molecule is Cc1cncc(C(=O)N2CCO[C@@H](CN3CCCCC3)[C@@H]2c2cnn(C)c2)c1. The van der Waals surface area contributed by atoms with Crippen LogP contribution in [0, 0.1) is 6.92 Å². The second kappa shape index (κ2) is 8.41. The maximum absolute atomic E-state index is 13.4. The van der Waals surface area contributed by atoms with E-state index in [1.165, 1.54) is 19.3 Å². The first kappa shape index (κ1) is 19.1. The van der Waals surface area contributed by atoms with Crippen LogP contribution in [-0.2, 0) is 11.8 Å². The van der Waals surface area contributed by atoms with Crippen LogP contribution in [0.3, 0.4) is 0 Å². The van der Waals surface area contributed by atoms with Crippen molar-refractivity contribution in [2.24, 2.45) is 7.05 Å². The highest BCUT2D eigenvalue weighted by Crippen LogP contribution is 2.32. The fourth-order valence-electron chi connectivity index (χ4n) is 4.34. The van der Waals surface area contributed by atoms with Crippen LogP contribution in [0.15, 0.2) is 30.9 Å². The summed E-state index contributed by atoms with van der Waals surface area (Å²) in [6, 6.07) is 1.77. The molecule has 0 unspecified atom stereocenters. The van der Waals surface area contributed by atoms with Crippen molar-refractivity contribution < 1.29 is 9.53 Å². The number of piperidine rings is 1. The second-order valence-electron chi connectivity index (χ2n) is 7.91. The van der Waals surface area contributed by atoms with E-state index in [4.69, 9.17) is 4.74 Å². The summed E-state index contributed by atoms with van der Waals surface area (Å²) in [6.07, 6.45) is 11.0. The molecule has 0 radical (unpaired) electrons. The molecule has 0 saturated carbocycles. The zero-order chi connectivity index (χ0) is 19.5. The van der Waals surface area contributed by atoms with Crippen LogP contribution in [0.5, 0.6) is 0 Å². The molecule has 0 aromatic carbocycles. The molecule has 2 fully saturated rings. The normalized spacial score (nSPS) is 23.7. The average Bonchev–Trinajstić information content (AvgIpc) is 3.14. The zero-order valence-corrected chi connectivity index (χ0v) is 16.8. The van der Waals surface area contributed by atoms with E-state index in [0.29, 0.717) is 18.7 Å². The van der Waals surface area contributed by atoms with Crippen molar-refractivity contribution in [3.63, 3.8) is 0 Å². The number of carbonyl (C=O) groups is 1. The van der Waals surface area contributed by atoms with Gasteiger partial charge in [-0.1, -0.05) is 6.42 Å². The number of aromatic nitrogens is 3. The molecule has 2 atom stereocenters. The van der Waals surface area contributed by atoms with Crippen molar-refractivity contribution in [3.05, 3.63) is 47.5 Å². The van der Waals surface area contributed by atoms with E-state index >= 15 is 0 Å². The minimum atomic E-state index is -0.141. The lowest BCUT2D eigenvalue weighted by Gasteiger charge is -2.43. The van der Waals surface area contributed by atoms with Gasteiger partial charge >= 0.3 is 0 Å². The lowest BCUT2D eigenvalue weighted by Crippen LogP contribution is -2.52. The van der Waals surface area contributed by atoms with E-state index in [0.717, 1.165) is 30.8 Å². The molecular weight excluding hydrogens is 354 g/mol. The van der Waals surface area contributed by atoms with Gasteiger partial charge in [0.15, 0.2) is 0 Å². The molecule has 4 rings (SSSR count). The van der Waals surface area contributed by atoms with Crippen LogP contribution < -0.4 is 0 Å². The third-order valence-electron chi connectivity index (χ3n) is 5.69. The third-order valence-corrected chi connectivity index (χ3v) is 5.69. The van der Waals surface area contributed by atoms with Crippen LogP contribution in [-0.4, -0.2) is 69.4 Å². The first-order valence-corrected chi connectivity index (χ1v) is 10.2. The number of rotatable bonds is 4. The fraction of sp³-hybridized carbons (Fsp3) is 0.571. The Morgan fingerprint density at radius 1 is 1.18 bits per heavy atom. The molecule has 0 spiro atoms. The van der Waals surface area contributed by atoms with Gasteiger partial charge in [0.05, 0.1) is 30.5 Å². The number of nitrogens with zero attached hydrogens (tertiary/aromatic N) is 5. The van der Waals surface area contributed by atoms with Gasteiger partial charge in [0.2, 0.25) is 0 Å². The average molecular weight is 383 g/mol. The number of likely N-dealkylation sites (tertiary alicyclic amines) is 1. The van der Waals surface area contributed by atoms with Crippen LogP contribution in [0.4, 0.5) is 0 Å². The van der Waals surface area contributed by atoms with E-state index in [2.05, 4.69) is 15.0 Å². The number of aryl methyl sites for hydroxylation is 2. The lowest BCUT2D eigenvalue weighted by molar-refractivity contribution is -0.0741. The quantitative estimate of drug-likeness (QED) is 0.810. The molecule has 0 bridgehead atoms. The Hall–Kier alpha value is -2.25. The molecule has 7 heteroatoms. The molecule has 0 N–H and O–H groups in total. The van der Waals surface area contributed by atoms with E-state index in [1.807, 2.05) is 37.3 Å². The predicted molar refractivity (Wildman–Crippen MR) is 106 cm³/mol. The summed E-state index contributed by atoms with van der Waals surface area (Å²) >= 11 is 0. The number of morpholine rings is 1. The predicted octanol–water partition coefficient (Wildman–Crippen LogP) is 2.19. The molecule has 2 saturated heterocycles. The minimum absolute atomic E-state index is 0.0111. The topological polar surface area (TPSA) is 63.5 Å². The van der Waals surface area contributed by atoms with Crippen molar-refractivity contribution in [2.75, 3.05) is 32.8 Å². The van der Waals surface area contributed by atoms with Crippen molar-refractivity contribution in [3.8, 4) is 0 Å². The Bertz CT molecular complexity index is 815. The molecule has 4 heterocycles. The third kappa shape index (κ3) is 4.10. The van der Waals surface area contributed by atoms with Gasteiger partial charge in [-0.2, -0.15) is 5.10 Å². The van der Waals surface area contributed by atoms with Crippen LogP contribution in [0.1, 0.15) is 46.8 Å². The van der Waals surface area contributed by atoms with Gasteiger partial charge in [-0.3, -0.25) is 14.5 Å². The standard InChI is InChI=1S/C21H29N5O2/c1-16-10-17(12-22-11-16)21(27)26-8-9-28-19(15-25-6-4-3-5-7-25)20(26)18-13-23-24(2)14-18/h10-14,19-20H,3-9,15H2,1-2H3/t19-,20-/m0/s1. The smallest absolute Gasteiger partial charge is 0.256 e. The van der Waals surface area contributed by atoms with E-state index in [-0.39, 0.29) is 18.1 Å². The lowest BCUT2D eigenvalue weighted by atomic mass is 9.98. The Morgan fingerprint density at radius 2 is 2.00 bits per heavy atom. The fourth-order valence-corrected chi connectivity index (χ4v) is 4.34. The van der Waals surface area contributed by atoms with Gasteiger partial charge in [-0.25, -0.2) is 0 Å². The number of hydrogen-bond donors (Lipinski definition) is 0. The highest BCUT2D eigenvalue weighted by atomic mass is 16.5. The van der Waals surface area contributed by atoms with Gasteiger partial charge in [-0.05, 0) is 44.5 Å². The number of carbonyl (C=O) groups excluding carboxylic acids is 1. The number of hydrogen-bond acceptors (Lipinski definition) is 5. The second-order valence-corrected chi connectivity index (χ2v) is 7.91. The highest BCUT2D eigenvalue weighted by Gasteiger charge is 2.38. The number of ether oxygens (including phenoxy) is 1. The van der Waals surface area contributed by atoms with Crippen LogP contribution in [0.2, 0.25) is 0 Å². The summed E-state index contributed by atoms with van der Waals surface area (Å²) < 4.78 is 8.00. The summed E-state index contributed by atoms with van der Waals surface area (Å²) in [7, 11) is 1.91. The Labute approximate surface area is 166 Å². The Balaban J connectivity index is 1.62. The van der Waals surface area contributed by atoms with Gasteiger partial charge in [0, 0.05) is 44.3 Å². The number of amides is 1. The molecule has 2 aromatic rings. The maximum atomic E-state index is 13.4. The van der Waals surface area contributed by atoms with Crippen molar-refractivity contribution in [1.82, 2.24) is 24.6 Å². The van der Waals surface area contributed by atoms with E-state index < -0.39 is 0 Å². The van der Waals surface area contributed by atoms with E-state index in [9.17, 15) is 4.79 Å². The Kier molecular flexibility index (Phi) is 5.73. The summed E-state index contributed by atoms with van der Waals surface area (Å²) in [6.45, 7) is 6.14. The molecule has 1 amide bonds. The first-order valence-electron chi connectivity index (χ1n) is 10.2. The monoisotopic (exact) mass is 383 g/mol. The first-order chi connectivity index (χ1) is 13.6. The van der Waals surface area contributed by atoms with Crippen LogP contribution >= 0.6 is 0 Å². The molecule has 2 aliphatic heterocycles. The largest absolute Gasteiger partial charge is 0.373 e. The summed E-state index contributed by atoms with van der Waals surface area (Å²) in [5, 5.41) is 4.35. The Morgan fingerprint density at radius 3 is 2.71 bits per heavy atom. The summed E-state index contributed by atoms with van der Waals surface area (Å²) in [4.78, 5) is 22.0. The van der Waals surface area contributed by atoms with Gasteiger partial charge in [-0.15, -0.1) is 0 Å². The summed E-state index contributed by atoms with van der Waals surface area (Å²) in [5.74, 6) is 0.0111. The van der Waals surface area contributed by atoms with E-state index in [1.54, 1.807) is 17.1 Å². The van der Waals surface area contributed by atoms with Crippen LogP contribution in [0.25, 0.3) is 0 Å². The van der Waals surface area contributed by atoms with Crippen molar-refractivity contribution in [1.29, 1.82) is 0 Å². The highest BCUT2D eigenvalue weighted by molar-refractivity contribution is 5.94. The molecule has 150 valence electrons.